The SMILES string of the molecule is Cc1sc(NC(=O)Cc2ccc([N+](=O)[O-])cc2)c(C(=O)OC(C)C)c1C. The van der Waals surface area contributed by atoms with E-state index in [-0.39, 0.29) is 24.1 Å². The maximum absolute atomic E-state index is 12.3. The molecule has 1 heterocycles. The van der Waals surface area contributed by atoms with Crippen molar-refractivity contribution in [2.45, 2.75) is 40.2 Å². The molecule has 1 aromatic heterocycles. The summed E-state index contributed by atoms with van der Waals surface area (Å²) in [6.07, 6.45) is -0.210. The Morgan fingerprint density at radius 1 is 1.23 bits per heavy atom. The lowest BCUT2D eigenvalue weighted by Crippen LogP contribution is -2.18. The lowest BCUT2D eigenvalue weighted by atomic mass is 10.1. The molecule has 0 fully saturated rings. The van der Waals surface area contributed by atoms with E-state index in [4.69, 9.17) is 4.74 Å². The van der Waals surface area contributed by atoms with Crippen molar-refractivity contribution in [1.29, 1.82) is 0 Å². The van der Waals surface area contributed by atoms with Crippen molar-refractivity contribution in [3.63, 3.8) is 0 Å². The van der Waals surface area contributed by atoms with Gasteiger partial charge in [-0.3, -0.25) is 14.9 Å². The standard InChI is InChI=1S/C18H20N2O5S/c1-10(2)25-18(22)16-11(3)12(4)26-17(16)19-15(21)9-13-5-7-14(8-6-13)20(23)24/h5-8,10H,9H2,1-4H3,(H,19,21). The topological polar surface area (TPSA) is 98.5 Å². The average Bonchev–Trinajstić information content (AvgIpc) is 2.81. The minimum atomic E-state index is -0.492. The van der Waals surface area contributed by atoms with Crippen LogP contribution in [0.4, 0.5) is 10.7 Å². The van der Waals surface area contributed by atoms with Crippen molar-refractivity contribution in [3.05, 3.63) is 55.9 Å². The Labute approximate surface area is 155 Å². The molecule has 1 amide bonds. The van der Waals surface area contributed by atoms with Crippen LogP contribution in [0.15, 0.2) is 24.3 Å². The van der Waals surface area contributed by atoms with E-state index in [1.54, 1.807) is 13.8 Å². The monoisotopic (exact) mass is 376 g/mol. The zero-order valence-electron chi connectivity index (χ0n) is 15.0. The molecule has 2 rings (SSSR count). The molecule has 0 bridgehead atoms. The summed E-state index contributed by atoms with van der Waals surface area (Å²) >= 11 is 1.32. The van der Waals surface area contributed by atoms with Crippen molar-refractivity contribution < 1.29 is 19.2 Å². The van der Waals surface area contributed by atoms with Crippen LogP contribution in [0.3, 0.4) is 0 Å². The van der Waals surface area contributed by atoms with E-state index in [9.17, 15) is 19.7 Å². The molecule has 1 aromatic carbocycles. The van der Waals surface area contributed by atoms with Gasteiger partial charge in [0.2, 0.25) is 5.91 Å². The molecule has 26 heavy (non-hydrogen) atoms. The number of non-ortho nitro benzene ring substituents is 1. The van der Waals surface area contributed by atoms with E-state index >= 15 is 0 Å². The molecule has 7 nitrogen and oxygen atoms in total. The lowest BCUT2D eigenvalue weighted by Gasteiger charge is -2.10. The Hall–Kier alpha value is -2.74. The average molecular weight is 376 g/mol. The summed E-state index contributed by atoms with van der Waals surface area (Å²) in [5.74, 6) is -0.772. The minimum absolute atomic E-state index is 0.0302. The van der Waals surface area contributed by atoms with Gasteiger partial charge in [-0.1, -0.05) is 12.1 Å². The Balaban J connectivity index is 2.14. The molecule has 2 aromatic rings. The van der Waals surface area contributed by atoms with E-state index in [1.165, 1.54) is 35.6 Å². The number of carbonyl (C=O) groups excluding carboxylic acids is 2. The Bertz CT molecular complexity index is 840. The molecule has 0 atom stereocenters. The van der Waals surface area contributed by atoms with Crippen molar-refractivity contribution in [2.75, 3.05) is 5.32 Å². The third-order valence-corrected chi connectivity index (χ3v) is 4.82. The van der Waals surface area contributed by atoms with Crippen LogP contribution in [0.25, 0.3) is 0 Å². The second-order valence-corrected chi connectivity index (χ2v) is 7.31. The van der Waals surface area contributed by atoms with Crippen LogP contribution in [0.2, 0.25) is 0 Å². The van der Waals surface area contributed by atoms with Crippen LogP contribution in [-0.4, -0.2) is 22.9 Å². The number of ether oxygens (including phenoxy) is 1. The number of nitro groups is 1. The van der Waals surface area contributed by atoms with E-state index in [0.717, 1.165) is 10.4 Å². The number of hydrogen-bond donors (Lipinski definition) is 1. The van der Waals surface area contributed by atoms with Gasteiger partial charge in [-0.2, -0.15) is 0 Å². The van der Waals surface area contributed by atoms with Crippen molar-refractivity contribution in [1.82, 2.24) is 0 Å². The van der Waals surface area contributed by atoms with Crippen LogP contribution in [0.1, 0.15) is 40.2 Å². The van der Waals surface area contributed by atoms with Crippen LogP contribution in [0, 0.1) is 24.0 Å². The first kappa shape index (κ1) is 19.6. The van der Waals surface area contributed by atoms with Crippen LogP contribution < -0.4 is 5.32 Å². The van der Waals surface area contributed by atoms with Gasteiger partial charge in [-0.25, -0.2) is 4.79 Å². The van der Waals surface area contributed by atoms with Gasteiger partial charge in [-0.15, -0.1) is 11.3 Å². The highest BCUT2D eigenvalue weighted by Gasteiger charge is 2.23. The number of anilines is 1. The zero-order chi connectivity index (χ0) is 19.4. The highest BCUT2D eigenvalue weighted by Crippen LogP contribution is 2.33. The molecule has 0 unspecified atom stereocenters. The number of amides is 1. The van der Waals surface area contributed by atoms with Gasteiger partial charge in [0.15, 0.2) is 0 Å². The van der Waals surface area contributed by atoms with Crippen molar-refractivity contribution in [2.24, 2.45) is 0 Å². The number of hydrogen-bond acceptors (Lipinski definition) is 6. The Morgan fingerprint density at radius 3 is 2.38 bits per heavy atom. The van der Waals surface area contributed by atoms with Crippen molar-refractivity contribution in [3.8, 4) is 0 Å². The second kappa shape index (κ2) is 8.09. The summed E-state index contributed by atoms with van der Waals surface area (Å²) in [5, 5.41) is 13.9. The number of aryl methyl sites for hydroxylation is 1. The quantitative estimate of drug-likeness (QED) is 0.466. The summed E-state index contributed by atoms with van der Waals surface area (Å²) in [6, 6.07) is 5.79. The maximum Gasteiger partial charge on any atom is 0.341 e. The van der Waals surface area contributed by atoms with E-state index in [0.29, 0.717) is 16.1 Å². The fourth-order valence-corrected chi connectivity index (χ4v) is 3.39. The number of nitrogens with zero attached hydrogens (tertiary/aromatic N) is 1. The van der Waals surface area contributed by atoms with Crippen LogP contribution in [-0.2, 0) is 16.0 Å². The molecule has 0 saturated heterocycles. The highest BCUT2D eigenvalue weighted by molar-refractivity contribution is 7.16. The van der Waals surface area contributed by atoms with E-state index in [2.05, 4.69) is 5.32 Å². The summed E-state index contributed by atoms with van der Waals surface area (Å²) in [5.41, 5.74) is 1.77. The fraction of sp³-hybridized carbons (Fsp3) is 0.333. The molecular weight excluding hydrogens is 356 g/mol. The largest absolute Gasteiger partial charge is 0.459 e. The smallest absolute Gasteiger partial charge is 0.341 e. The number of rotatable bonds is 6. The predicted octanol–water partition coefficient (Wildman–Crippen LogP) is 4.02. The van der Waals surface area contributed by atoms with Gasteiger partial charge in [0, 0.05) is 17.0 Å². The first-order valence-electron chi connectivity index (χ1n) is 8.03. The fourth-order valence-electron chi connectivity index (χ4n) is 2.33. The van der Waals surface area contributed by atoms with E-state index < -0.39 is 10.9 Å². The molecule has 0 aliphatic heterocycles. The maximum atomic E-state index is 12.3. The van der Waals surface area contributed by atoms with Gasteiger partial charge >= 0.3 is 5.97 Å². The molecule has 8 heteroatoms. The first-order chi connectivity index (χ1) is 12.2. The number of nitro benzene ring substituents is 1. The van der Waals surface area contributed by atoms with Crippen LogP contribution >= 0.6 is 11.3 Å². The van der Waals surface area contributed by atoms with Gasteiger partial charge < -0.3 is 10.1 Å². The lowest BCUT2D eigenvalue weighted by molar-refractivity contribution is -0.384. The van der Waals surface area contributed by atoms with E-state index in [1.807, 2.05) is 13.8 Å². The van der Waals surface area contributed by atoms with Gasteiger partial charge in [0.25, 0.3) is 5.69 Å². The summed E-state index contributed by atoms with van der Waals surface area (Å²) in [6.45, 7) is 7.21. The normalized spacial score (nSPS) is 10.7. The molecular formula is C18H20N2O5S. The number of carbonyl (C=O) groups is 2. The molecule has 0 spiro atoms. The zero-order valence-corrected chi connectivity index (χ0v) is 15.8. The molecule has 1 N–H and O–H groups in total. The highest BCUT2D eigenvalue weighted by atomic mass is 32.1. The second-order valence-electron chi connectivity index (χ2n) is 6.09. The van der Waals surface area contributed by atoms with Gasteiger partial charge in [0.1, 0.15) is 5.00 Å². The minimum Gasteiger partial charge on any atom is -0.459 e. The number of esters is 1. The Morgan fingerprint density at radius 2 is 1.85 bits per heavy atom. The third kappa shape index (κ3) is 4.66. The van der Waals surface area contributed by atoms with Crippen LogP contribution in [0.5, 0.6) is 0 Å². The van der Waals surface area contributed by atoms with Crippen molar-refractivity contribution >= 4 is 33.9 Å². The number of nitrogens with one attached hydrogen (secondary N) is 1. The third-order valence-electron chi connectivity index (χ3n) is 3.70. The molecule has 0 saturated carbocycles. The predicted molar refractivity (Wildman–Crippen MR) is 99.8 cm³/mol. The molecule has 0 aliphatic carbocycles. The summed E-state index contributed by atoms with van der Waals surface area (Å²) in [4.78, 5) is 35.7. The number of benzene rings is 1. The first-order valence-corrected chi connectivity index (χ1v) is 8.84. The molecule has 0 aliphatic rings. The number of thiophene rings is 1. The summed E-state index contributed by atoms with van der Waals surface area (Å²) < 4.78 is 5.26. The molecule has 138 valence electrons. The summed E-state index contributed by atoms with van der Waals surface area (Å²) in [7, 11) is 0. The Kier molecular flexibility index (Phi) is 6.10. The van der Waals surface area contributed by atoms with Gasteiger partial charge in [0.05, 0.1) is 23.0 Å². The molecule has 0 radical (unpaired) electrons. The van der Waals surface area contributed by atoms with Gasteiger partial charge in [-0.05, 0) is 38.8 Å².